The lowest BCUT2D eigenvalue weighted by molar-refractivity contribution is -0.0980. The highest BCUT2D eigenvalue weighted by Gasteiger charge is 2.29. The monoisotopic (exact) mass is 413 g/mol. The molecule has 2 aliphatic heterocycles. The number of carbonyl (C=O) groups excluding carboxylic acids is 2. The molecule has 5 nitrogen and oxygen atoms in total. The molecule has 0 N–H and O–H groups in total. The highest BCUT2D eigenvalue weighted by Crippen LogP contribution is 2.37. The van der Waals surface area contributed by atoms with Gasteiger partial charge in [0, 0.05) is 24.5 Å². The molecule has 1 atom stereocenters. The van der Waals surface area contributed by atoms with E-state index in [1.165, 1.54) is 28.7 Å². The van der Waals surface area contributed by atoms with Crippen molar-refractivity contribution in [3.8, 4) is 11.1 Å². The van der Waals surface area contributed by atoms with Crippen LogP contribution < -0.4 is 4.90 Å². The summed E-state index contributed by atoms with van der Waals surface area (Å²) < 4.78 is 0. The summed E-state index contributed by atoms with van der Waals surface area (Å²) in [5.74, 6) is -0.0136. The predicted molar refractivity (Wildman–Crippen MR) is 123 cm³/mol. The zero-order valence-electron chi connectivity index (χ0n) is 17.8. The van der Waals surface area contributed by atoms with Crippen molar-refractivity contribution in [1.82, 2.24) is 9.88 Å². The van der Waals surface area contributed by atoms with E-state index in [2.05, 4.69) is 59.4 Å². The molecule has 2 aliphatic rings. The predicted octanol–water partition coefficient (Wildman–Crippen LogP) is 4.53. The maximum Gasteiger partial charge on any atom is 0.276 e. The van der Waals surface area contributed by atoms with Crippen LogP contribution in [0.2, 0.25) is 0 Å². The Bertz CT molecular complexity index is 1050. The molecule has 0 bridgehead atoms. The van der Waals surface area contributed by atoms with E-state index in [4.69, 9.17) is 4.79 Å². The molecule has 2 aromatic carbocycles. The molecule has 3 aromatic rings. The summed E-state index contributed by atoms with van der Waals surface area (Å²) >= 11 is 0. The summed E-state index contributed by atoms with van der Waals surface area (Å²) in [6.07, 6.45) is 5.14. The Kier molecular flexibility index (Phi) is 6.23. The summed E-state index contributed by atoms with van der Waals surface area (Å²) in [6, 6.07) is 21.0. The number of hydrogen-bond donors (Lipinski definition) is 0. The fraction of sp³-hybridized carbons (Fsp3) is 0.269. The van der Waals surface area contributed by atoms with Gasteiger partial charge in [0.05, 0.1) is 0 Å². The molecule has 158 valence electrons. The van der Waals surface area contributed by atoms with E-state index < -0.39 is 0 Å². The van der Waals surface area contributed by atoms with Gasteiger partial charge in [0.1, 0.15) is 12.5 Å². The quantitative estimate of drug-likeness (QED) is 0.633. The first-order valence-corrected chi connectivity index (χ1v) is 10.7. The molecule has 0 spiro atoms. The van der Waals surface area contributed by atoms with Crippen LogP contribution in [0.1, 0.15) is 40.5 Å². The van der Waals surface area contributed by atoms with Crippen molar-refractivity contribution in [2.45, 2.75) is 25.3 Å². The zero-order valence-corrected chi connectivity index (χ0v) is 17.8. The minimum atomic E-state index is -0.0136. The molecule has 1 saturated heterocycles. The summed E-state index contributed by atoms with van der Waals surface area (Å²) in [7, 11) is 2.15. The molecule has 0 radical (unpaired) electrons. The second-order valence-electron chi connectivity index (χ2n) is 7.99. The Morgan fingerprint density at radius 1 is 1.00 bits per heavy atom. The number of hydrogen-bond acceptors (Lipinski definition) is 4. The molecule has 0 saturated carbocycles. The maximum absolute atomic E-state index is 13.2. The van der Waals surface area contributed by atoms with Gasteiger partial charge in [0.15, 0.2) is 0 Å². The summed E-state index contributed by atoms with van der Waals surface area (Å²) in [4.78, 5) is 30.0. The van der Waals surface area contributed by atoms with Crippen LogP contribution in [0.15, 0.2) is 66.9 Å². The fourth-order valence-electron chi connectivity index (χ4n) is 4.73. The number of likely N-dealkylation sites (tertiary alicyclic amines) is 1. The number of nitrogens with zero attached hydrogens (tertiary/aromatic N) is 3. The molecular formula is C26H27N3O2. The van der Waals surface area contributed by atoms with Gasteiger partial charge in [-0.15, -0.1) is 0 Å². The maximum atomic E-state index is 13.2. The summed E-state index contributed by atoms with van der Waals surface area (Å²) in [6.45, 7) is 3.83. The van der Waals surface area contributed by atoms with Crippen molar-refractivity contribution in [3.05, 3.63) is 83.7 Å². The largest absolute Gasteiger partial charge is 0.307 e. The van der Waals surface area contributed by atoms with Crippen molar-refractivity contribution in [2.75, 3.05) is 25.0 Å². The van der Waals surface area contributed by atoms with E-state index >= 15 is 0 Å². The fourth-order valence-corrected chi connectivity index (χ4v) is 4.73. The number of carbonyl (C=O) groups is 2. The second-order valence-corrected chi connectivity index (χ2v) is 7.99. The molecule has 5 heteroatoms. The van der Waals surface area contributed by atoms with E-state index in [9.17, 15) is 4.79 Å². The Balaban J connectivity index is 0.00000112. The number of benzene rings is 2. The number of fused-ring (bicyclic) bond motifs is 1. The van der Waals surface area contributed by atoms with Crippen molar-refractivity contribution in [1.29, 1.82) is 0 Å². The normalized spacial score (nSPS) is 17.7. The summed E-state index contributed by atoms with van der Waals surface area (Å²) in [5.41, 5.74) is 6.39. The number of aromatic nitrogens is 1. The van der Waals surface area contributed by atoms with Gasteiger partial charge in [-0.25, -0.2) is 0 Å². The number of anilines is 1. The lowest BCUT2D eigenvalue weighted by Crippen LogP contribution is -2.29. The summed E-state index contributed by atoms with van der Waals surface area (Å²) in [5, 5.41) is 0. The van der Waals surface area contributed by atoms with Crippen molar-refractivity contribution >= 4 is 18.4 Å². The third-order valence-corrected chi connectivity index (χ3v) is 6.27. The first-order chi connectivity index (χ1) is 15.2. The zero-order chi connectivity index (χ0) is 21.8. The van der Waals surface area contributed by atoms with Gasteiger partial charge >= 0.3 is 0 Å². The van der Waals surface area contributed by atoms with E-state index in [1.807, 2.05) is 36.1 Å². The first kappa shape index (κ1) is 20.9. The second kappa shape index (κ2) is 9.23. The number of rotatable bonds is 3. The van der Waals surface area contributed by atoms with Gasteiger partial charge in [-0.3, -0.25) is 14.7 Å². The third kappa shape index (κ3) is 4.01. The first-order valence-electron chi connectivity index (χ1n) is 10.7. The van der Waals surface area contributed by atoms with Crippen LogP contribution in [0.4, 0.5) is 5.69 Å². The van der Waals surface area contributed by atoms with Crippen molar-refractivity contribution < 1.29 is 9.59 Å². The van der Waals surface area contributed by atoms with Crippen LogP contribution in [-0.2, 0) is 11.2 Å². The van der Waals surface area contributed by atoms with Gasteiger partial charge in [0.25, 0.3) is 5.91 Å². The average molecular weight is 414 g/mol. The number of pyridine rings is 1. The third-order valence-electron chi connectivity index (χ3n) is 6.27. The highest BCUT2D eigenvalue weighted by molar-refractivity contribution is 6.06. The highest BCUT2D eigenvalue weighted by atomic mass is 16.2. The molecule has 0 aliphatic carbocycles. The standard InChI is InChI=1S/C25H25N3O.CH2O/c1-27-15-6-11-23(27)19-12-13-22(26-17-19)25(29)28-16-14-21-20(9-5-10-24(21)28)18-7-3-2-4-8-18;1-2/h2-5,7-10,12-13,17,23H,6,11,14-16H2,1H3;1H2. The lowest BCUT2D eigenvalue weighted by atomic mass is 9.98. The van der Waals surface area contributed by atoms with E-state index in [0.29, 0.717) is 18.3 Å². The van der Waals surface area contributed by atoms with Gasteiger partial charge < -0.3 is 9.69 Å². The topological polar surface area (TPSA) is 53.5 Å². The van der Waals surface area contributed by atoms with Gasteiger partial charge in [0.2, 0.25) is 0 Å². The minimum Gasteiger partial charge on any atom is -0.307 e. The Labute approximate surface area is 183 Å². The number of amides is 1. The van der Waals surface area contributed by atoms with Crippen LogP contribution in [0.3, 0.4) is 0 Å². The Morgan fingerprint density at radius 3 is 2.48 bits per heavy atom. The van der Waals surface area contributed by atoms with Crippen LogP contribution in [0, 0.1) is 0 Å². The van der Waals surface area contributed by atoms with Crippen LogP contribution in [0.5, 0.6) is 0 Å². The smallest absolute Gasteiger partial charge is 0.276 e. The van der Waals surface area contributed by atoms with E-state index in [-0.39, 0.29) is 5.91 Å². The molecule has 1 amide bonds. The molecule has 1 aromatic heterocycles. The SMILES string of the molecule is C=O.CN1CCCC1c1ccc(C(=O)N2CCc3c(-c4ccccc4)cccc32)nc1. The Morgan fingerprint density at radius 2 is 1.81 bits per heavy atom. The minimum absolute atomic E-state index is 0.0136. The van der Waals surface area contributed by atoms with E-state index in [1.54, 1.807) is 0 Å². The van der Waals surface area contributed by atoms with Gasteiger partial charge in [-0.2, -0.15) is 0 Å². The molecule has 5 rings (SSSR count). The molecular weight excluding hydrogens is 386 g/mol. The molecule has 31 heavy (non-hydrogen) atoms. The van der Waals surface area contributed by atoms with Crippen LogP contribution in [-0.4, -0.2) is 42.7 Å². The van der Waals surface area contributed by atoms with Crippen LogP contribution >= 0.6 is 0 Å². The molecule has 3 heterocycles. The van der Waals surface area contributed by atoms with Crippen molar-refractivity contribution in [2.24, 2.45) is 0 Å². The van der Waals surface area contributed by atoms with E-state index in [0.717, 1.165) is 25.1 Å². The molecule has 1 unspecified atom stereocenters. The Hall–Kier alpha value is -3.31. The molecule has 1 fully saturated rings. The van der Waals surface area contributed by atoms with Crippen molar-refractivity contribution in [3.63, 3.8) is 0 Å². The van der Waals surface area contributed by atoms with Crippen LogP contribution in [0.25, 0.3) is 11.1 Å². The lowest BCUT2D eigenvalue weighted by Gasteiger charge is -2.20. The van der Waals surface area contributed by atoms with Gasteiger partial charge in [-0.05, 0) is 67.2 Å². The average Bonchev–Trinajstić information content (AvgIpc) is 3.47. The van der Waals surface area contributed by atoms with Gasteiger partial charge in [-0.1, -0.05) is 48.5 Å².